The quantitative estimate of drug-likeness (QED) is 0.587. The van der Waals surface area contributed by atoms with Gasteiger partial charge in [-0.15, -0.1) is 0 Å². The molecule has 1 heterocycles. The molecule has 0 spiro atoms. The number of fused-ring (bicyclic) bond motifs is 1. The van der Waals surface area contributed by atoms with Gasteiger partial charge in [0.15, 0.2) is 0 Å². The van der Waals surface area contributed by atoms with E-state index in [2.05, 4.69) is 5.32 Å². The van der Waals surface area contributed by atoms with Crippen molar-refractivity contribution in [1.29, 1.82) is 0 Å². The fraction of sp³-hybridized carbons (Fsp3) is 0.222. The molecule has 1 aromatic carbocycles. The van der Waals surface area contributed by atoms with Crippen LogP contribution in [0.1, 0.15) is 15.9 Å². The Kier molecular flexibility index (Phi) is 2.06. The molecule has 0 fully saturated rings. The molecule has 0 saturated heterocycles. The van der Waals surface area contributed by atoms with Crippen molar-refractivity contribution in [1.82, 2.24) is 5.32 Å². The molecule has 4 heteroatoms. The van der Waals surface area contributed by atoms with Crippen molar-refractivity contribution in [3.63, 3.8) is 0 Å². The number of rotatable bonds is 1. The minimum absolute atomic E-state index is 0.0466. The van der Waals surface area contributed by atoms with Crippen LogP contribution in [0.25, 0.3) is 0 Å². The Balaban J connectivity index is 2.36. The van der Waals surface area contributed by atoms with Gasteiger partial charge in [0.1, 0.15) is 0 Å². The van der Waals surface area contributed by atoms with Gasteiger partial charge in [0.2, 0.25) is 0 Å². The van der Waals surface area contributed by atoms with Crippen molar-refractivity contribution >= 4 is 18.9 Å². The van der Waals surface area contributed by atoms with Gasteiger partial charge in [-0.05, 0) is 17.1 Å². The number of hydrogen-bond donors (Lipinski definition) is 1. The summed E-state index contributed by atoms with van der Waals surface area (Å²) in [6.45, 7) is 0.670. The molecule has 3 nitrogen and oxygen atoms in total. The van der Waals surface area contributed by atoms with Gasteiger partial charge in [-0.3, -0.25) is 4.79 Å². The Hall–Kier alpha value is -1.29. The maximum atomic E-state index is 11.3. The predicted octanol–water partition coefficient (Wildman–Crippen LogP) is -0.447. The SMILES string of the molecule is CNC(=O)c1ccc2c(c1)BOC2. The second kappa shape index (κ2) is 3.22. The van der Waals surface area contributed by atoms with Gasteiger partial charge in [0.25, 0.3) is 5.91 Å². The zero-order valence-corrected chi connectivity index (χ0v) is 7.46. The number of amides is 1. The van der Waals surface area contributed by atoms with Gasteiger partial charge in [-0.1, -0.05) is 12.1 Å². The highest BCUT2D eigenvalue weighted by Crippen LogP contribution is 2.07. The molecule has 0 aliphatic carbocycles. The number of carbonyl (C=O) groups is 1. The fourth-order valence-electron chi connectivity index (χ4n) is 1.46. The first-order valence-electron chi connectivity index (χ1n) is 4.23. The van der Waals surface area contributed by atoms with Gasteiger partial charge < -0.3 is 9.97 Å². The number of carbonyl (C=O) groups excluding carboxylic acids is 1. The summed E-state index contributed by atoms with van der Waals surface area (Å²) in [5.41, 5.74) is 3.01. The number of benzene rings is 1. The first-order chi connectivity index (χ1) is 6.31. The van der Waals surface area contributed by atoms with E-state index in [-0.39, 0.29) is 5.91 Å². The Labute approximate surface area is 77.4 Å². The third-order valence-corrected chi connectivity index (χ3v) is 2.21. The van der Waals surface area contributed by atoms with E-state index < -0.39 is 0 Å². The van der Waals surface area contributed by atoms with Crippen LogP contribution in [0.3, 0.4) is 0 Å². The van der Waals surface area contributed by atoms with Crippen molar-refractivity contribution in [2.45, 2.75) is 6.61 Å². The van der Waals surface area contributed by atoms with Crippen LogP contribution in [0.15, 0.2) is 18.2 Å². The van der Waals surface area contributed by atoms with E-state index in [0.29, 0.717) is 19.7 Å². The molecule has 1 N–H and O–H groups in total. The van der Waals surface area contributed by atoms with Gasteiger partial charge >= 0.3 is 7.48 Å². The molecule has 66 valence electrons. The topological polar surface area (TPSA) is 38.3 Å². The molecular formula is C9H10BNO2. The Morgan fingerprint density at radius 3 is 3.23 bits per heavy atom. The van der Waals surface area contributed by atoms with Crippen LogP contribution in [0.5, 0.6) is 0 Å². The van der Waals surface area contributed by atoms with Crippen LogP contribution < -0.4 is 10.8 Å². The second-order valence-electron chi connectivity index (χ2n) is 3.06. The standard InChI is InChI=1S/C9H10BNO2/c1-11-9(12)6-2-3-7-5-13-10-8(7)4-6/h2-4,10H,5H2,1H3,(H,11,12). The van der Waals surface area contributed by atoms with Crippen molar-refractivity contribution in [3.8, 4) is 0 Å². The van der Waals surface area contributed by atoms with E-state index in [4.69, 9.17) is 4.65 Å². The van der Waals surface area contributed by atoms with Crippen molar-refractivity contribution in [3.05, 3.63) is 29.3 Å². The summed E-state index contributed by atoms with van der Waals surface area (Å²) in [5, 5.41) is 2.59. The lowest BCUT2D eigenvalue weighted by molar-refractivity contribution is 0.0963. The Bertz CT molecular complexity index is 351. The highest BCUT2D eigenvalue weighted by atomic mass is 16.4. The summed E-state index contributed by atoms with van der Waals surface area (Å²) in [4.78, 5) is 11.3. The molecule has 1 aliphatic rings. The molecule has 1 aromatic rings. The lowest BCUT2D eigenvalue weighted by Gasteiger charge is -2.01. The highest BCUT2D eigenvalue weighted by molar-refractivity contribution is 6.49. The molecule has 0 atom stereocenters. The molecule has 1 aliphatic heterocycles. The lowest BCUT2D eigenvalue weighted by atomic mass is 9.86. The third kappa shape index (κ3) is 1.45. The summed E-state index contributed by atoms with van der Waals surface area (Å²) < 4.78 is 5.25. The zero-order valence-electron chi connectivity index (χ0n) is 7.46. The van der Waals surface area contributed by atoms with E-state index in [9.17, 15) is 4.79 Å². The van der Waals surface area contributed by atoms with Crippen LogP contribution >= 0.6 is 0 Å². The maximum Gasteiger partial charge on any atom is 0.309 e. The minimum atomic E-state index is -0.0466. The molecule has 2 rings (SSSR count). The minimum Gasteiger partial charge on any atom is -0.430 e. The molecule has 0 radical (unpaired) electrons. The smallest absolute Gasteiger partial charge is 0.309 e. The van der Waals surface area contributed by atoms with E-state index in [1.807, 2.05) is 18.2 Å². The van der Waals surface area contributed by atoms with Crippen molar-refractivity contribution in [2.24, 2.45) is 0 Å². The monoisotopic (exact) mass is 175 g/mol. The number of hydrogen-bond acceptors (Lipinski definition) is 2. The number of nitrogens with one attached hydrogen (secondary N) is 1. The molecular weight excluding hydrogens is 165 g/mol. The Morgan fingerprint density at radius 2 is 2.46 bits per heavy atom. The average Bonchev–Trinajstić information content (AvgIpc) is 2.63. The molecule has 0 saturated carbocycles. The maximum absolute atomic E-state index is 11.3. The van der Waals surface area contributed by atoms with Crippen LogP contribution in [-0.2, 0) is 11.3 Å². The van der Waals surface area contributed by atoms with Crippen LogP contribution in [-0.4, -0.2) is 20.4 Å². The molecule has 1 amide bonds. The van der Waals surface area contributed by atoms with Crippen molar-refractivity contribution in [2.75, 3.05) is 7.05 Å². The summed E-state index contributed by atoms with van der Waals surface area (Å²) >= 11 is 0. The molecule has 13 heavy (non-hydrogen) atoms. The van der Waals surface area contributed by atoms with Crippen LogP contribution in [0.2, 0.25) is 0 Å². The van der Waals surface area contributed by atoms with Gasteiger partial charge in [-0.25, -0.2) is 0 Å². The molecule has 0 unspecified atom stereocenters. The van der Waals surface area contributed by atoms with Gasteiger partial charge in [0, 0.05) is 12.6 Å². The summed E-state index contributed by atoms with van der Waals surface area (Å²) in [6, 6.07) is 5.67. The van der Waals surface area contributed by atoms with E-state index in [1.54, 1.807) is 7.05 Å². The van der Waals surface area contributed by atoms with Gasteiger partial charge in [-0.2, -0.15) is 0 Å². The fourth-order valence-corrected chi connectivity index (χ4v) is 1.46. The highest BCUT2D eigenvalue weighted by Gasteiger charge is 2.14. The van der Waals surface area contributed by atoms with Crippen molar-refractivity contribution < 1.29 is 9.45 Å². The average molecular weight is 175 g/mol. The molecule has 0 bridgehead atoms. The Morgan fingerprint density at radius 1 is 1.62 bits per heavy atom. The predicted molar refractivity (Wildman–Crippen MR) is 51.4 cm³/mol. The van der Waals surface area contributed by atoms with E-state index in [1.165, 1.54) is 5.56 Å². The lowest BCUT2D eigenvalue weighted by Crippen LogP contribution is -2.21. The molecule has 0 aromatic heterocycles. The first kappa shape index (κ1) is 8.32. The first-order valence-corrected chi connectivity index (χ1v) is 4.23. The summed E-state index contributed by atoms with van der Waals surface area (Å²) in [5.74, 6) is -0.0466. The summed E-state index contributed by atoms with van der Waals surface area (Å²) in [7, 11) is 2.26. The van der Waals surface area contributed by atoms with Gasteiger partial charge in [0.05, 0.1) is 6.61 Å². The van der Waals surface area contributed by atoms with E-state index in [0.717, 1.165) is 5.46 Å². The summed E-state index contributed by atoms with van der Waals surface area (Å²) in [6.07, 6.45) is 0. The zero-order chi connectivity index (χ0) is 9.26. The largest absolute Gasteiger partial charge is 0.430 e. The van der Waals surface area contributed by atoms with Crippen LogP contribution in [0, 0.1) is 0 Å². The normalized spacial score (nSPS) is 13.3. The van der Waals surface area contributed by atoms with Crippen LogP contribution in [0.4, 0.5) is 0 Å². The third-order valence-electron chi connectivity index (χ3n) is 2.21. The van der Waals surface area contributed by atoms with E-state index >= 15 is 0 Å². The second-order valence-corrected chi connectivity index (χ2v) is 3.06.